The smallest absolute Gasteiger partial charge is 0.255 e. The molecule has 1 fully saturated rings. The summed E-state index contributed by atoms with van der Waals surface area (Å²) in [7, 11) is 1.75. The quantitative estimate of drug-likeness (QED) is 0.833. The maximum absolute atomic E-state index is 12.4. The normalized spacial score (nSPS) is 17.3. The molecule has 0 aliphatic carbocycles. The Hall–Kier alpha value is -1.18. The summed E-state index contributed by atoms with van der Waals surface area (Å²) in [5.74, 6) is 0.461. The van der Waals surface area contributed by atoms with E-state index >= 15 is 0 Å². The van der Waals surface area contributed by atoms with Crippen molar-refractivity contribution in [2.75, 3.05) is 45.2 Å². The number of rotatable bonds is 5. The molecular weight excluding hydrogens is 336 g/mol. The number of amides is 1. The molecule has 7 heteroatoms. The van der Waals surface area contributed by atoms with E-state index in [9.17, 15) is 4.79 Å². The van der Waals surface area contributed by atoms with Crippen LogP contribution in [0, 0.1) is 0 Å². The molecule has 0 aromatic carbocycles. The van der Waals surface area contributed by atoms with E-state index in [0.29, 0.717) is 11.4 Å². The van der Waals surface area contributed by atoms with Crippen LogP contribution in [0.25, 0.3) is 0 Å². The van der Waals surface area contributed by atoms with Gasteiger partial charge in [-0.05, 0) is 28.9 Å². The van der Waals surface area contributed by atoms with Gasteiger partial charge in [0.25, 0.3) is 5.91 Å². The summed E-state index contributed by atoms with van der Waals surface area (Å²) in [6, 6.07) is 1.84. The van der Waals surface area contributed by atoms with E-state index in [4.69, 9.17) is 4.74 Å². The van der Waals surface area contributed by atoms with Gasteiger partial charge >= 0.3 is 0 Å². The second-order valence-corrected chi connectivity index (χ2v) is 6.00. The first-order chi connectivity index (χ1) is 10.1. The SMILES string of the molecule is CNc1ncc(Br)cc1C(=O)NC(C)CN1CCOCC1. The van der Waals surface area contributed by atoms with E-state index in [-0.39, 0.29) is 11.9 Å². The van der Waals surface area contributed by atoms with Crippen molar-refractivity contribution in [3.05, 3.63) is 22.3 Å². The molecule has 1 aromatic rings. The number of anilines is 1. The first-order valence-corrected chi connectivity index (χ1v) is 7.83. The lowest BCUT2D eigenvalue weighted by Crippen LogP contribution is -2.46. The van der Waals surface area contributed by atoms with Crippen molar-refractivity contribution in [1.29, 1.82) is 0 Å². The Balaban J connectivity index is 1.95. The van der Waals surface area contributed by atoms with Crippen molar-refractivity contribution in [2.24, 2.45) is 0 Å². The van der Waals surface area contributed by atoms with E-state index < -0.39 is 0 Å². The predicted molar refractivity (Wildman–Crippen MR) is 85.7 cm³/mol. The second-order valence-electron chi connectivity index (χ2n) is 5.09. The highest BCUT2D eigenvalue weighted by Gasteiger charge is 2.18. The van der Waals surface area contributed by atoms with Crippen LogP contribution in [-0.4, -0.2) is 61.7 Å². The molecule has 2 rings (SSSR count). The fourth-order valence-electron chi connectivity index (χ4n) is 2.33. The minimum Gasteiger partial charge on any atom is -0.379 e. The lowest BCUT2D eigenvalue weighted by molar-refractivity contribution is 0.0342. The maximum Gasteiger partial charge on any atom is 0.255 e. The van der Waals surface area contributed by atoms with Gasteiger partial charge in [0.2, 0.25) is 0 Å². The summed E-state index contributed by atoms with van der Waals surface area (Å²) >= 11 is 3.35. The zero-order valence-corrected chi connectivity index (χ0v) is 13.9. The number of nitrogens with one attached hydrogen (secondary N) is 2. The number of hydrogen-bond acceptors (Lipinski definition) is 5. The first-order valence-electron chi connectivity index (χ1n) is 7.04. The summed E-state index contributed by atoms with van der Waals surface area (Å²) < 4.78 is 6.11. The molecule has 0 spiro atoms. The number of halogens is 1. The van der Waals surface area contributed by atoms with Gasteiger partial charge in [-0.3, -0.25) is 9.69 Å². The third kappa shape index (κ3) is 4.66. The number of carbonyl (C=O) groups is 1. The van der Waals surface area contributed by atoms with E-state index in [1.54, 1.807) is 19.3 Å². The maximum atomic E-state index is 12.4. The van der Waals surface area contributed by atoms with E-state index in [1.165, 1.54) is 0 Å². The van der Waals surface area contributed by atoms with Gasteiger partial charge in [0, 0.05) is 43.4 Å². The van der Waals surface area contributed by atoms with E-state index in [0.717, 1.165) is 37.3 Å². The van der Waals surface area contributed by atoms with Crippen molar-refractivity contribution in [3.8, 4) is 0 Å². The monoisotopic (exact) mass is 356 g/mol. The zero-order chi connectivity index (χ0) is 15.2. The molecule has 0 bridgehead atoms. The largest absolute Gasteiger partial charge is 0.379 e. The summed E-state index contributed by atoms with van der Waals surface area (Å²) in [4.78, 5) is 18.9. The molecule has 1 saturated heterocycles. The van der Waals surface area contributed by atoms with Crippen molar-refractivity contribution < 1.29 is 9.53 Å². The van der Waals surface area contributed by atoms with Gasteiger partial charge < -0.3 is 15.4 Å². The van der Waals surface area contributed by atoms with Crippen LogP contribution in [0.3, 0.4) is 0 Å². The molecule has 1 aliphatic rings. The average molecular weight is 357 g/mol. The molecule has 1 aliphatic heterocycles. The molecular formula is C14H21BrN4O2. The highest BCUT2D eigenvalue weighted by Crippen LogP contribution is 2.17. The van der Waals surface area contributed by atoms with Crippen LogP contribution in [0.1, 0.15) is 17.3 Å². The molecule has 1 aromatic heterocycles. The fourth-order valence-corrected chi connectivity index (χ4v) is 2.66. The van der Waals surface area contributed by atoms with Crippen LogP contribution >= 0.6 is 15.9 Å². The van der Waals surface area contributed by atoms with Gasteiger partial charge in [-0.15, -0.1) is 0 Å². The van der Waals surface area contributed by atoms with Gasteiger partial charge in [-0.25, -0.2) is 4.98 Å². The molecule has 2 N–H and O–H groups in total. The van der Waals surface area contributed by atoms with Crippen molar-refractivity contribution in [3.63, 3.8) is 0 Å². The van der Waals surface area contributed by atoms with Gasteiger partial charge in [0.05, 0.1) is 18.8 Å². The van der Waals surface area contributed by atoms with Gasteiger partial charge in [-0.1, -0.05) is 0 Å². The van der Waals surface area contributed by atoms with E-state index in [1.807, 2.05) is 6.92 Å². The Morgan fingerprint density at radius 2 is 2.24 bits per heavy atom. The molecule has 0 radical (unpaired) electrons. The molecule has 0 saturated carbocycles. The minimum absolute atomic E-state index is 0.0688. The molecule has 6 nitrogen and oxygen atoms in total. The summed E-state index contributed by atoms with van der Waals surface area (Å²) in [6.07, 6.45) is 1.67. The second kappa shape index (κ2) is 7.72. The van der Waals surface area contributed by atoms with Crippen LogP contribution in [0.2, 0.25) is 0 Å². The number of morpholine rings is 1. The van der Waals surface area contributed by atoms with Crippen LogP contribution in [-0.2, 0) is 4.74 Å². The molecule has 1 amide bonds. The van der Waals surface area contributed by atoms with Crippen LogP contribution in [0.15, 0.2) is 16.7 Å². The summed E-state index contributed by atoms with van der Waals surface area (Å²) in [5, 5.41) is 5.96. The third-order valence-electron chi connectivity index (χ3n) is 3.35. The predicted octanol–water partition coefficient (Wildman–Crippen LogP) is 1.34. The number of aromatic nitrogens is 1. The Kier molecular flexibility index (Phi) is 5.96. The summed E-state index contributed by atoms with van der Waals surface area (Å²) in [5.41, 5.74) is 0.542. The fraction of sp³-hybridized carbons (Fsp3) is 0.571. The Morgan fingerprint density at radius 1 is 1.52 bits per heavy atom. The topological polar surface area (TPSA) is 66.5 Å². The lowest BCUT2D eigenvalue weighted by Gasteiger charge is -2.29. The number of ether oxygens (including phenoxy) is 1. The minimum atomic E-state index is -0.117. The molecule has 116 valence electrons. The number of carbonyl (C=O) groups excluding carboxylic acids is 1. The highest BCUT2D eigenvalue weighted by atomic mass is 79.9. The molecule has 1 atom stereocenters. The highest BCUT2D eigenvalue weighted by molar-refractivity contribution is 9.10. The van der Waals surface area contributed by atoms with Gasteiger partial charge in [0.15, 0.2) is 0 Å². The lowest BCUT2D eigenvalue weighted by atomic mass is 10.2. The zero-order valence-electron chi connectivity index (χ0n) is 12.4. The first kappa shape index (κ1) is 16.2. The molecule has 2 heterocycles. The van der Waals surface area contributed by atoms with E-state index in [2.05, 4.69) is 36.4 Å². The van der Waals surface area contributed by atoms with Gasteiger partial charge in [0.1, 0.15) is 5.82 Å². The third-order valence-corrected chi connectivity index (χ3v) is 3.78. The van der Waals surface area contributed by atoms with Crippen molar-refractivity contribution in [1.82, 2.24) is 15.2 Å². The number of nitrogens with zero attached hydrogens (tertiary/aromatic N) is 2. The Labute approximate surface area is 133 Å². The number of hydrogen-bond donors (Lipinski definition) is 2. The van der Waals surface area contributed by atoms with Crippen LogP contribution < -0.4 is 10.6 Å². The van der Waals surface area contributed by atoms with Gasteiger partial charge in [-0.2, -0.15) is 0 Å². The van der Waals surface area contributed by atoms with Crippen molar-refractivity contribution >= 4 is 27.7 Å². The Bertz CT molecular complexity index is 492. The number of pyridine rings is 1. The van der Waals surface area contributed by atoms with Crippen LogP contribution in [0.5, 0.6) is 0 Å². The molecule has 1 unspecified atom stereocenters. The van der Waals surface area contributed by atoms with Crippen molar-refractivity contribution in [2.45, 2.75) is 13.0 Å². The summed E-state index contributed by atoms with van der Waals surface area (Å²) in [6.45, 7) is 6.20. The Morgan fingerprint density at radius 3 is 2.90 bits per heavy atom. The average Bonchev–Trinajstić information content (AvgIpc) is 2.48. The van der Waals surface area contributed by atoms with Crippen LogP contribution in [0.4, 0.5) is 5.82 Å². The standard InChI is InChI=1S/C14H21BrN4O2/c1-10(9-19-3-5-21-6-4-19)18-14(20)12-7-11(15)8-17-13(12)16-2/h7-8,10H,3-6,9H2,1-2H3,(H,16,17)(H,18,20). The molecule has 21 heavy (non-hydrogen) atoms.